The van der Waals surface area contributed by atoms with E-state index in [4.69, 9.17) is 4.42 Å². The first kappa shape index (κ1) is 20.8. The summed E-state index contributed by atoms with van der Waals surface area (Å²) in [5, 5.41) is 4.66. The van der Waals surface area contributed by atoms with Crippen LogP contribution in [0.15, 0.2) is 103 Å². The summed E-state index contributed by atoms with van der Waals surface area (Å²) in [6.07, 6.45) is 10.1. The number of hydrogen-bond donors (Lipinski definition) is 0. The monoisotopic (exact) mass is 426 g/mol. The molecule has 0 aliphatic heterocycles. The fraction of sp³-hybridized carbons (Fsp3) is 0.0625. The van der Waals surface area contributed by atoms with Crippen LogP contribution < -0.4 is 0 Å². The molecule has 0 radical (unpaired) electrons. The third-order valence-corrected chi connectivity index (χ3v) is 6.33. The first-order valence-corrected chi connectivity index (χ1v) is 11.3. The van der Waals surface area contributed by atoms with Gasteiger partial charge in [0.25, 0.3) is 0 Å². The maximum Gasteiger partial charge on any atom is 0.136 e. The molecule has 1 heterocycles. The first-order chi connectivity index (χ1) is 16.2. The van der Waals surface area contributed by atoms with Gasteiger partial charge in [0.2, 0.25) is 0 Å². The van der Waals surface area contributed by atoms with Gasteiger partial charge in [-0.15, -0.1) is 0 Å². The molecule has 0 aliphatic rings. The highest BCUT2D eigenvalue weighted by atomic mass is 16.3. The molecule has 5 aromatic rings. The Kier molecular flexibility index (Phi) is 5.32. The Labute approximate surface area is 194 Å². The molecule has 1 heteroatoms. The summed E-state index contributed by atoms with van der Waals surface area (Å²) in [6.45, 7) is 12.1. The molecule has 0 saturated heterocycles. The van der Waals surface area contributed by atoms with Crippen LogP contribution in [-0.4, -0.2) is 0 Å². The van der Waals surface area contributed by atoms with Gasteiger partial charge in [0, 0.05) is 10.8 Å². The van der Waals surface area contributed by atoms with Crippen molar-refractivity contribution in [3.63, 3.8) is 0 Å². The third kappa shape index (κ3) is 3.34. The minimum atomic E-state index is 0.884. The van der Waals surface area contributed by atoms with Crippen molar-refractivity contribution in [2.75, 3.05) is 0 Å². The Balaban J connectivity index is 1.83. The molecule has 0 amide bonds. The highest BCUT2D eigenvalue weighted by Gasteiger charge is 2.17. The van der Waals surface area contributed by atoms with E-state index in [1.165, 1.54) is 10.8 Å². The molecule has 0 unspecified atom stereocenters. The lowest BCUT2D eigenvalue weighted by atomic mass is 9.92. The number of hydrogen-bond acceptors (Lipinski definition) is 1. The molecule has 1 aromatic heterocycles. The van der Waals surface area contributed by atoms with E-state index >= 15 is 0 Å². The van der Waals surface area contributed by atoms with Gasteiger partial charge in [0.05, 0.1) is 0 Å². The summed E-state index contributed by atoms with van der Waals surface area (Å²) < 4.78 is 6.40. The lowest BCUT2D eigenvalue weighted by Gasteiger charge is -2.10. The van der Waals surface area contributed by atoms with Crippen LogP contribution in [0.1, 0.15) is 30.5 Å². The van der Waals surface area contributed by atoms with Crippen LogP contribution in [0.25, 0.3) is 61.6 Å². The van der Waals surface area contributed by atoms with Gasteiger partial charge >= 0.3 is 0 Å². The molecule has 0 aliphatic carbocycles. The molecule has 0 N–H and O–H groups in total. The predicted octanol–water partition coefficient (Wildman–Crippen LogP) is 9.67. The van der Waals surface area contributed by atoms with Crippen molar-refractivity contribution in [1.29, 1.82) is 0 Å². The Morgan fingerprint density at radius 2 is 1.58 bits per heavy atom. The summed E-state index contributed by atoms with van der Waals surface area (Å²) >= 11 is 0. The van der Waals surface area contributed by atoms with E-state index in [0.717, 1.165) is 55.3 Å². The smallest absolute Gasteiger partial charge is 0.136 e. The second-order valence-corrected chi connectivity index (χ2v) is 8.12. The molecule has 5 rings (SSSR count). The quantitative estimate of drug-likeness (QED) is 0.255. The highest BCUT2D eigenvalue weighted by molar-refractivity contribution is 6.24. The zero-order chi connectivity index (χ0) is 22.9. The normalized spacial score (nSPS) is 12.2. The molecule has 0 bridgehead atoms. The predicted molar refractivity (Wildman–Crippen MR) is 145 cm³/mol. The molecule has 160 valence electrons. The first-order valence-electron chi connectivity index (χ1n) is 11.3. The molecule has 0 atom stereocenters. The topological polar surface area (TPSA) is 13.1 Å². The Morgan fingerprint density at radius 3 is 2.24 bits per heavy atom. The summed E-state index contributed by atoms with van der Waals surface area (Å²) in [5.41, 5.74) is 8.65. The van der Waals surface area contributed by atoms with Gasteiger partial charge in [-0.1, -0.05) is 98.1 Å². The molecule has 33 heavy (non-hydrogen) atoms. The van der Waals surface area contributed by atoms with Crippen LogP contribution in [0, 0.1) is 0 Å². The molecular formula is C32H26O. The number of benzene rings is 4. The molecule has 0 saturated carbocycles. The van der Waals surface area contributed by atoms with Gasteiger partial charge in [-0.25, -0.2) is 0 Å². The van der Waals surface area contributed by atoms with E-state index in [2.05, 4.69) is 98.1 Å². The number of fused-ring (bicyclic) bond motifs is 5. The highest BCUT2D eigenvalue weighted by Crippen LogP contribution is 2.42. The van der Waals surface area contributed by atoms with Crippen LogP contribution >= 0.6 is 0 Å². The van der Waals surface area contributed by atoms with Crippen LogP contribution in [-0.2, 0) is 0 Å². The van der Waals surface area contributed by atoms with Crippen molar-refractivity contribution < 1.29 is 4.42 Å². The van der Waals surface area contributed by atoms with Gasteiger partial charge in [-0.3, -0.25) is 0 Å². The Bertz CT molecular complexity index is 1590. The van der Waals surface area contributed by atoms with Crippen molar-refractivity contribution >= 4 is 50.4 Å². The van der Waals surface area contributed by atoms with Crippen LogP contribution in [0.3, 0.4) is 0 Å². The van der Waals surface area contributed by atoms with Crippen LogP contribution in [0.2, 0.25) is 0 Å². The fourth-order valence-electron chi connectivity index (χ4n) is 4.79. The van der Waals surface area contributed by atoms with E-state index in [-0.39, 0.29) is 0 Å². The maximum atomic E-state index is 6.40. The second-order valence-electron chi connectivity index (χ2n) is 8.12. The Morgan fingerprint density at radius 1 is 0.818 bits per heavy atom. The standard InChI is InChI=1S/C32H26O/c1-5-11-23-18-19-29-31(25(23)8-4)32-27-13-10-9-12-26(27)28(20-30(32)33-29)24-16-14-22(15-17-24)21(6-2)7-3/h5-20H,2,4H2,1,3H3/b11-5-,21-7+. The SMILES string of the molecule is C=C/C(=C\C)c1ccc(-c2cc3oc4ccc(/C=C\C)c(C=C)c4c3c3ccccc23)cc1. The van der Waals surface area contributed by atoms with Gasteiger partial charge < -0.3 is 4.42 Å². The summed E-state index contributed by atoms with van der Waals surface area (Å²) in [7, 11) is 0. The average molecular weight is 427 g/mol. The van der Waals surface area contributed by atoms with E-state index in [0.29, 0.717) is 0 Å². The number of allylic oxidation sites excluding steroid dienone is 4. The second kappa shape index (κ2) is 8.44. The zero-order valence-corrected chi connectivity index (χ0v) is 19.1. The van der Waals surface area contributed by atoms with Gasteiger partial charge in [0.1, 0.15) is 11.2 Å². The lowest BCUT2D eigenvalue weighted by molar-refractivity contribution is 0.669. The molecule has 0 spiro atoms. The van der Waals surface area contributed by atoms with Crippen molar-refractivity contribution in [2.24, 2.45) is 0 Å². The van der Waals surface area contributed by atoms with Crippen LogP contribution in [0.5, 0.6) is 0 Å². The Hall–Kier alpha value is -4.10. The van der Waals surface area contributed by atoms with E-state index in [1.807, 2.05) is 26.0 Å². The minimum Gasteiger partial charge on any atom is -0.456 e. The molecule has 4 aromatic carbocycles. The number of rotatable bonds is 5. The lowest BCUT2D eigenvalue weighted by Crippen LogP contribution is -1.86. The van der Waals surface area contributed by atoms with Gasteiger partial charge in [-0.2, -0.15) is 0 Å². The van der Waals surface area contributed by atoms with E-state index < -0.39 is 0 Å². The van der Waals surface area contributed by atoms with Crippen molar-refractivity contribution in [1.82, 2.24) is 0 Å². The van der Waals surface area contributed by atoms with E-state index in [1.54, 1.807) is 0 Å². The molecule has 1 nitrogen and oxygen atoms in total. The van der Waals surface area contributed by atoms with Crippen LogP contribution in [0.4, 0.5) is 0 Å². The fourth-order valence-corrected chi connectivity index (χ4v) is 4.79. The summed E-state index contributed by atoms with van der Waals surface area (Å²) in [5.74, 6) is 0. The maximum absolute atomic E-state index is 6.40. The minimum absolute atomic E-state index is 0.884. The molecule has 0 fully saturated rings. The van der Waals surface area contributed by atoms with Gasteiger partial charge in [0.15, 0.2) is 0 Å². The van der Waals surface area contributed by atoms with Crippen molar-refractivity contribution in [3.05, 3.63) is 115 Å². The molecular weight excluding hydrogens is 400 g/mol. The van der Waals surface area contributed by atoms with Crippen molar-refractivity contribution in [3.8, 4) is 11.1 Å². The third-order valence-electron chi connectivity index (χ3n) is 6.33. The van der Waals surface area contributed by atoms with Crippen molar-refractivity contribution in [2.45, 2.75) is 13.8 Å². The largest absolute Gasteiger partial charge is 0.456 e. The average Bonchev–Trinajstić information content (AvgIpc) is 3.24. The summed E-state index contributed by atoms with van der Waals surface area (Å²) in [6, 6.07) is 23.6. The van der Waals surface area contributed by atoms with E-state index in [9.17, 15) is 0 Å². The zero-order valence-electron chi connectivity index (χ0n) is 19.1. The summed E-state index contributed by atoms with van der Waals surface area (Å²) in [4.78, 5) is 0. The number of furan rings is 1. The van der Waals surface area contributed by atoms with Gasteiger partial charge in [-0.05, 0) is 70.1 Å².